The molecule has 98 valence electrons. The van der Waals surface area contributed by atoms with Gasteiger partial charge in [0.1, 0.15) is 6.10 Å². The Morgan fingerprint density at radius 3 is 2.76 bits per heavy atom. The highest BCUT2D eigenvalue weighted by Gasteiger charge is 2.55. The standard InChI is InChI=1S/C12H19BrO4/c1-4-5-7-9(8(14)6-13)15-11-10(7)16-12(2,3)17-11/h4,7-11,14H,1,5-6H2,2-3H3/t7-,8-,9+,10-,11-/m1/s1. The lowest BCUT2D eigenvalue weighted by molar-refractivity contribution is -0.218. The zero-order valence-corrected chi connectivity index (χ0v) is 11.7. The molecule has 5 atom stereocenters. The van der Waals surface area contributed by atoms with E-state index in [0.717, 1.165) is 6.42 Å². The quantitative estimate of drug-likeness (QED) is 0.636. The molecule has 2 fully saturated rings. The summed E-state index contributed by atoms with van der Waals surface area (Å²) in [7, 11) is 0. The van der Waals surface area contributed by atoms with Gasteiger partial charge < -0.3 is 19.3 Å². The largest absolute Gasteiger partial charge is 0.390 e. The molecule has 0 spiro atoms. The number of ether oxygens (including phenoxy) is 3. The molecule has 0 aromatic rings. The van der Waals surface area contributed by atoms with Crippen molar-refractivity contribution in [1.82, 2.24) is 0 Å². The van der Waals surface area contributed by atoms with E-state index in [2.05, 4.69) is 22.5 Å². The smallest absolute Gasteiger partial charge is 0.187 e. The topological polar surface area (TPSA) is 47.9 Å². The molecule has 0 bridgehead atoms. The first-order valence-electron chi connectivity index (χ1n) is 5.84. The highest BCUT2D eigenvalue weighted by atomic mass is 79.9. The van der Waals surface area contributed by atoms with Crippen LogP contribution in [0.1, 0.15) is 20.3 Å². The maximum absolute atomic E-state index is 9.92. The Morgan fingerprint density at radius 2 is 2.18 bits per heavy atom. The number of fused-ring (bicyclic) bond motifs is 1. The fourth-order valence-corrected chi connectivity index (χ4v) is 2.89. The van der Waals surface area contributed by atoms with E-state index in [1.54, 1.807) is 0 Å². The number of aliphatic hydroxyl groups is 1. The fourth-order valence-electron chi connectivity index (χ4n) is 2.52. The second kappa shape index (κ2) is 4.97. The van der Waals surface area contributed by atoms with Crippen LogP contribution in [0.15, 0.2) is 12.7 Å². The Kier molecular flexibility index (Phi) is 3.95. The summed E-state index contributed by atoms with van der Waals surface area (Å²) in [5.74, 6) is -0.522. The van der Waals surface area contributed by atoms with Crippen molar-refractivity contribution >= 4 is 15.9 Å². The molecule has 2 rings (SSSR count). The van der Waals surface area contributed by atoms with Crippen LogP contribution in [0.3, 0.4) is 0 Å². The number of hydrogen-bond acceptors (Lipinski definition) is 4. The third-order valence-corrected chi connectivity index (χ3v) is 3.86. The molecular formula is C12H19BrO4. The second-order valence-electron chi connectivity index (χ2n) is 4.98. The molecule has 0 radical (unpaired) electrons. The summed E-state index contributed by atoms with van der Waals surface area (Å²) >= 11 is 3.27. The van der Waals surface area contributed by atoms with Gasteiger partial charge >= 0.3 is 0 Å². The van der Waals surface area contributed by atoms with Crippen molar-refractivity contribution in [3.05, 3.63) is 12.7 Å². The Hall–Kier alpha value is 0.0600. The molecule has 0 unspecified atom stereocenters. The number of aliphatic hydroxyl groups excluding tert-OH is 1. The van der Waals surface area contributed by atoms with Crippen molar-refractivity contribution in [2.45, 2.75) is 50.7 Å². The molecule has 17 heavy (non-hydrogen) atoms. The van der Waals surface area contributed by atoms with Crippen LogP contribution in [0.2, 0.25) is 0 Å². The van der Waals surface area contributed by atoms with Crippen molar-refractivity contribution in [3.63, 3.8) is 0 Å². The number of allylic oxidation sites excluding steroid dienone is 1. The van der Waals surface area contributed by atoms with Crippen LogP contribution >= 0.6 is 15.9 Å². The third kappa shape index (κ3) is 2.58. The van der Waals surface area contributed by atoms with Gasteiger partial charge in [0, 0.05) is 11.2 Å². The minimum atomic E-state index is -0.612. The summed E-state index contributed by atoms with van der Waals surface area (Å²) in [6, 6.07) is 0. The third-order valence-electron chi connectivity index (χ3n) is 3.20. The lowest BCUT2D eigenvalue weighted by Crippen LogP contribution is -2.37. The van der Waals surface area contributed by atoms with Crippen LogP contribution in [0.4, 0.5) is 0 Å². The fraction of sp³-hybridized carbons (Fsp3) is 0.833. The van der Waals surface area contributed by atoms with Crippen LogP contribution in [-0.2, 0) is 14.2 Å². The Morgan fingerprint density at radius 1 is 1.47 bits per heavy atom. The van der Waals surface area contributed by atoms with E-state index >= 15 is 0 Å². The average molecular weight is 307 g/mol. The summed E-state index contributed by atoms with van der Waals surface area (Å²) < 4.78 is 17.3. The van der Waals surface area contributed by atoms with Gasteiger partial charge in [0.05, 0.1) is 12.2 Å². The molecule has 2 aliphatic heterocycles. The molecule has 0 amide bonds. The number of halogens is 1. The minimum Gasteiger partial charge on any atom is -0.390 e. The monoisotopic (exact) mass is 306 g/mol. The predicted molar refractivity (Wildman–Crippen MR) is 66.8 cm³/mol. The zero-order chi connectivity index (χ0) is 12.6. The van der Waals surface area contributed by atoms with Crippen molar-refractivity contribution < 1.29 is 19.3 Å². The van der Waals surface area contributed by atoms with E-state index in [-0.39, 0.29) is 24.4 Å². The highest BCUT2D eigenvalue weighted by molar-refractivity contribution is 9.09. The summed E-state index contributed by atoms with van der Waals surface area (Å²) in [4.78, 5) is 0. The SMILES string of the molecule is C=CC[C@H]1[C@H]2OC(C)(C)O[C@H]2O[C@@H]1[C@H](O)CBr. The molecule has 2 saturated heterocycles. The van der Waals surface area contributed by atoms with Gasteiger partial charge in [-0.05, 0) is 20.3 Å². The Bertz CT molecular complexity index is 294. The van der Waals surface area contributed by atoms with Gasteiger partial charge in [-0.3, -0.25) is 0 Å². The summed E-state index contributed by atoms with van der Waals surface area (Å²) in [6.45, 7) is 7.49. The molecule has 2 aliphatic rings. The second-order valence-corrected chi connectivity index (χ2v) is 5.63. The molecule has 0 aromatic carbocycles. The molecular weight excluding hydrogens is 288 g/mol. The van der Waals surface area contributed by atoms with Crippen molar-refractivity contribution in [1.29, 1.82) is 0 Å². The number of alkyl halides is 1. The van der Waals surface area contributed by atoms with E-state index in [0.29, 0.717) is 5.33 Å². The first-order chi connectivity index (χ1) is 7.98. The van der Waals surface area contributed by atoms with Crippen molar-refractivity contribution in [2.75, 3.05) is 5.33 Å². The molecule has 0 aromatic heterocycles. The molecule has 0 aliphatic carbocycles. The maximum atomic E-state index is 9.92. The van der Waals surface area contributed by atoms with Gasteiger partial charge in [-0.15, -0.1) is 6.58 Å². The van der Waals surface area contributed by atoms with Crippen molar-refractivity contribution in [2.24, 2.45) is 5.92 Å². The normalized spacial score (nSPS) is 41.2. The zero-order valence-electron chi connectivity index (χ0n) is 10.1. The van der Waals surface area contributed by atoms with E-state index in [1.807, 2.05) is 19.9 Å². The summed E-state index contributed by atoms with van der Waals surface area (Å²) in [5, 5.41) is 10.4. The van der Waals surface area contributed by atoms with E-state index in [1.165, 1.54) is 0 Å². The summed E-state index contributed by atoms with van der Waals surface area (Å²) in [5.41, 5.74) is 0. The Balaban J connectivity index is 2.12. The van der Waals surface area contributed by atoms with Crippen LogP contribution < -0.4 is 0 Å². The lowest BCUT2D eigenvalue weighted by Gasteiger charge is -2.27. The Labute approximate surface area is 110 Å². The molecule has 0 saturated carbocycles. The molecule has 1 N–H and O–H groups in total. The van der Waals surface area contributed by atoms with E-state index < -0.39 is 11.9 Å². The van der Waals surface area contributed by atoms with E-state index in [9.17, 15) is 5.11 Å². The van der Waals surface area contributed by atoms with Crippen LogP contribution in [0, 0.1) is 5.92 Å². The summed E-state index contributed by atoms with van der Waals surface area (Å²) in [6.07, 6.45) is 1.25. The highest BCUT2D eigenvalue weighted by Crippen LogP contribution is 2.43. The minimum absolute atomic E-state index is 0.0897. The van der Waals surface area contributed by atoms with Gasteiger partial charge in [0.15, 0.2) is 12.1 Å². The first kappa shape index (κ1) is 13.5. The molecule has 5 heteroatoms. The van der Waals surface area contributed by atoms with Gasteiger partial charge in [0.2, 0.25) is 0 Å². The first-order valence-corrected chi connectivity index (χ1v) is 6.96. The average Bonchev–Trinajstić information content (AvgIpc) is 2.72. The van der Waals surface area contributed by atoms with Gasteiger partial charge in [-0.25, -0.2) is 0 Å². The van der Waals surface area contributed by atoms with Crippen LogP contribution in [0.5, 0.6) is 0 Å². The number of rotatable bonds is 4. The number of hydrogen-bond donors (Lipinski definition) is 1. The molecule has 4 nitrogen and oxygen atoms in total. The van der Waals surface area contributed by atoms with Crippen LogP contribution in [0.25, 0.3) is 0 Å². The predicted octanol–water partition coefficient (Wildman–Crippen LogP) is 1.81. The lowest BCUT2D eigenvalue weighted by atomic mass is 9.92. The van der Waals surface area contributed by atoms with Crippen molar-refractivity contribution in [3.8, 4) is 0 Å². The molecule has 2 heterocycles. The van der Waals surface area contributed by atoms with Gasteiger partial charge in [0.25, 0.3) is 0 Å². The van der Waals surface area contributed by atoms with Gasteiger partial charge in [-0.1, -0.05) is 22.0 Å². The maximum Gasteiger partial charge on any atom is 0.187 e. The van der Waals surface area contributed by atoms with E-state index in [4.69, 9.17) is 14.2 Å². The van der Waals surface area contributed by atoms with Crippen LogP contribution in [-0.4, -0.2) is 40.8 Å². The van der Waals surface area contributed by atoms with Gasteiger partial charge in [-0.2, -0.15) is 0 Å².